The molecule has 0 aliphatic rings. The molecule has 3 aromatic heterocycles. The molecule has 13 heteroatoms. The number of nitrogens with one attached hydrogen (secondary N) is 3. The van der Waals surface area contributed by atoms with Crippen molar-refractivity contribution in [3.8, 4) is 11.7 Å². The molecule has 1 aromatic carbocycles. The van der Waals surface area contributed by atoms with E-state index in [1.165, 1.54) is 24.4 Å². The zero-order valence-electron chi connectivity index (χ0n) is 16.9. The van der Waals surface area contributed by atoms with Gasteiger partial charge in [-0.2, -0.15) is 4.39 Å². The highest BCUT2D eigenvalue weighted by Crippen LogP contribution is 2.27. The second-order valence-corrected chi connectivity index (χ2v) is 9.66. The zero-order valence-corrected chi connectivity index (χ0v) is 18.5. The van der Waals surface area contributed by atoms with Gasteiger partial charge >= 0.3 is 6.03 Å². The van der Waals surface area contributed by atoms with Gasteiger partial charge in [-0.1, -0.05) is 11.3 Å². The molecule has 0 radical (unpaired) electrons. The summed E-state index contributed by atoms with van der Waals surface area (Å²) in [6.07, 6.45) is 1.19. The minimum absolute atomic E-state index is 0.0877. The van der Waals surface area contributed by atoms with Gasteiger partial charge in [-0.25, -0.2) is 27.5 Å². The number of halogens is 1. The number of urea groups is 1. The third kappa shape index (κ3) is 4.49. The summed E-state index contributed by atoms with van der Waals surface area (Å²) in [5.41, 5.74) is 0.376. The van der Waals surface area contributed by atoms with Gasteiger partial charge in [0.2, 0.25) is 5.88 Å². The second-order valence-electron chi connectivity index (χ2n) is 6.72. The molecule has 4 rings (SSSR count). The van der Waals surface area contributed by atoms with Gasteiger partial charge < -0.3 is 15.7 Å². The van der Waals surface area contributed by atoms with Crippen molar-refractivity contribution in [2.45, 2.75) is 4.21 Å². The van der Waals surface area contributed by atoms with Crippen LogP contribution in [0.2, 0.25) is 0 Å². The monoisotopic (exact) mass is 489 g/mol. The van der Waals surface area contributed by atoms with Crippen LogP contribution in [0.5, 0.6) is 5.88 Å². The van der Waals surface area contributed by atoms with Gasteiger partial charge in [-0.05, 0) is 47.9 Å². The van der Waals surface area contributed by atoms with E-state index in [9.17, 15) is 27.5 Å². The molecule has 0 atom stereocenters. The van der Waals surface area contributed by atoms with Crippen LogP contribution in [0.25, 0.3) is 16.6 Å². The SMILES string of the molecule is CNc1ccc2c(O)n(-c3ccc(NC(=O)NS(=O)(=O)c4ccc(F)s4)cn3)c(=O)cc2c1. The van der Waals surface area contributed by atoms with Crippen LogP contribution in [0.15, 0.2) is 63.7 Å². The summed E-state index contributed by atoms with van der Waals surface area (Å²) >= 11 is 0.379. The largest absolute Gasteiger partial charge is 0.494 e. The Balaban J connectivity index is 1.55. The topological polar surface area (TPSA) is 142 Å². The van der Waals surface area contributed by atoms with E-state index >= 15 is 0 Å². The number of benzene rings is 1. The van der Waals surface area contributed by atoms with E-state index in [0.29, 0.717) is 22.1 Å². The minimum Gasteiger partial charge on any atom is -0.494 e. The Hall–Kier alpha value is -3.97. The normalized spacial score (nSPS) is 11.3. The van der Waals surface area contributed by atoms with Crippen molar-refractivity contribution >= 4 is 49.5 Å². The van der Waals surface area contributed by atoms with Crippen LogP contribution in [0.3, 0.4) is 0 Å². The van der Waals surface area contributed by atoms with Gasteiger partial charge in [0.1, 0.15) is 10.0 Å². The molecule has 0 bridgehead atoms. The number of anilines is 2. The van der Waals surface area contributed by atoms with E-state index in [1.54, 1.807) is 30.0 Å². The molecule has 0 fully saturated rings. The number of pyridine rings is 2. The van der Waals surface area contributed by atoms with E-state index in [-0.39, 0.29) is 21.6 Å². The molecule has 0 spiro atoms. The molecule has 0 saturated carbocycles. The summed E-state index contributed by atoms with van der Waals surface area (Å²) in [7, 11) is -2.50. The Bertz CT molecular complexity index is 1530. The maximum absolute atomic E-state index is 13.1. The van der Waals surface area contributed by atoms with Crippen molar-refractivity contribution in [2.24, 2.45) is 0 Å². The number of aromatic hydroxyl groups is 1. The fourth-order valence-corrected chi connectivity index (χ4v) is 4.96. The number of sulfonamides is 1. The lowest BCUT2D eigenvalue weighted by Gasteiger charge is -2.12. The predicted molar refractivity (Wildman–Crippen MR) is 122 cm³/mol. The van der Waals surface area contributed by atoms with Crippen LogP contribution in [-0.4, -0.2) is 36.2 Å². The number of carbonyl (C=O) groups excluding carboxylic acids is 1. The summed E-state index contributed by atoms with van der Waals surface area (Å²) in [6.45, 7) is 0. The molecule has 10 nitrogen and oxygen atoms in total. The van der Waals surface area contributed by atoms with Crippen molar-refractivity contribution < 1.29 is 22.7 Å². The first-order valence-corrected chi connectivity index (χ1v) is 11.6. The highest BCUT2D eigenvalue weighted by molar-refractivity contribution is 7.92. The number of rotatable bonds is 5. The first kappa shape index (κ1) is 22.2. The maximum atomic E-state index is 13.1. The second kappa shape index (κ2) is 8.52. The molecule has 0 saturated heterocycles. The van der Waals surface area contributed by atoms with E-state index in [2.05, 4.69) is 15.6 Å². The highest BCUT2D eigenvalue weighted by Gasteiger charge is 2.20. The standard InChI is InChI=1S/C20H16FN5O5S2/c1-22-12-2-4-14-11(8-12)9-17(27)26(19(14)28)16-6-3-13(10-23-16)24-20(29)25-33(30,31)18-7-5-15(21)32-18/h2-10,22,28H,1H3,(H2,24,25,29). The molecule has 4 aromatic rings. The summed E-state index contributed by atoms with van der Waals surface area (Å²) in [6, 6.07) is 10.2. The fourth-order valence-electron chi connectivity index (χ4n) is 3.05. The average Bonchev–Trinajstić information content (AvgIpc) is 3.21. The third-order valence-corrected chi connectivity index (χ3v) is 7.26. The van der Waals surface area contributed by atoms with Crippen LogP contribution in [0.4, 0.5) is 20.6 Å². The molecule has 33 heavy (non-hydrogen) atoms. The number of carbonyl (C=O) groups is 1. The number of amides is 2. The smallest absolute Gasteiger partial charge is 0.333 e. The summed E-state index contributed by atoms with van der Waals surface area (Å²) < 4.78 is 39.7. The van der Waals surface area contributed by atoms with Gasteiger partial charge in [-0.15, -0.1) is 0 Å². The van der Waals surface area contributed by atoms with Gasteiger partial charge in [0.05, 0.1) is 11.9 Å². The molecule has 0 aliphatic heterocycles. The van der Waals surface area contributed by atoms with Crippen molar-refractivity contribution in [1.82, 2.24) is 14.3 Å². The first-order valence-electron chi connectivity index (χ1n) is 9.30. The molecule has 170 valence electrons. The van der Waals surface area contributed by atoms with Crippen LogP contribution >= 0.6 is 11.3 Å². The van der Waals surface area contributed by atoms with Crippen molar-refractivity contribution in [1.29, 1.82) is 0 Å². The fraction of sp³-hybridized carbons (Fsp3) is 0.0500. The quantitative estimate of drug-likeness (QED) is 0.338. The van der Waals surface area contributed by atoms with E-state index in [1.807, 2.05) is 0 Å². The predicted octanol–water partition coefficient (Wildman–Crippen LogP) is 2.84. The van der Waals surface area contributed by atoms with Crippen molar-refractivity contribution in [3.05, 3.63) is 70.2 Å². The van der Waals surface area contributed by atoms with Crippen molar-refractivity contribution in [2.75, 3.05) is 17.7 Å². The molecular weight excluding hydrogens is 473 g/mol. The lowest BCUT2D eigenvalue weighted by molar-refractivity contribution is 0.256. The Labute approximate surface area is 190 Å². The number of aromatic nitrogens is 2. The Morgan fingerprint density at radius 1 is 1.12 bits per heavy atom. The molecule has 4 N–H and O–H groups in total. The van der Waals surface area contributed by atoms with Gasteiger partial charge in [0.25, 0.3) is 15.6 Å². The summed E-state index contributed by atoms with van der Waals surface area (Å²) in [5, 5.41) is 16.1. The molecule has 3 heterocycles. The number of hydrogen-bond acceptors (Lipinski definition) is 8. The van der Waals surface area contributed by atoms with Crippen LogP contribution < -0.4 is 20.9 Å². The number of thiophene rings is 1. The summed E-state index contributed by atoms with van der Waals surface area (Å²) in [5.74, 6) is -0.217. The zero-order chi connectivity index (χ0) is 23.8. The molecular formula is C20H16FN5O5S2. The maximum Gasteiger partial charge on any atom is 0.333 e. The number of nitrogens with zero attached hydrogens (tertiary/aromatic N) is 2. The lowest BCUT2D eigenvalue weighted by atomic mass is 10.1. The lowest BCUT2D eigenvalue weighted by Crippen LogP contribution is -2.34. The van der Waals surface area contributed by atoms with Crippen molar-refractivity contribution in [3.63, 3.8) is 0 Å². The van der Waals surface area contributed by atoms with Gasteiger partial charge in [-0.3, -0.25) is 4.79 Å². The Kier molecular flexibility index (Phi) is 5.74. The van der Waals surface area contributed by atoms with Crippen LogP contribution in [0.1, 0.15) is 0 Å². The average molecular weight is 490 g/mol. The summed E-state index contributed by atoms with van der Waals surface area (Å²) in [4.78, 5) is 28.7. The third-order valence-electron chi connectivity index (χ3n) is 4.57. The first-order chi connectivity index (χ1) is 15.7. The number of fused-ring (bicyclic) bond motifs is 1. The minimum atomic E-state index is -4.23. The Morgan fingerprint density at radius 2 is 1.88 bits per heavy atom. The molecule has 2 amide bonds. The van der Waals surface area contributed by atoms with Gasteiger partial charge in [0.15, 0.2) is 5.13 Å². The molecule has 0 aliphatic carbocycles. The van der Waals surface area contributed by atoms with E-state index < -0.39 is 26.7 Å². The van der Waals surface area contributed by atoms with Gasteiger partial charge in [0, 0.05) is 24.2 Å². The van der Waals surface area contributed by atoms with E-state index in [0.717, 1.165) is 22.4 Å². The van der Waals surface area contributed by atoms with Crippen LogP contribution in [0, 0.1) is 5.13 Å². The van der Waals surface area contributed by atoms with E-state index in [4.69, 9.17) is 0 Å². The highest BCUT2D eigenvalue weighted by atomic mass is 32.2. The Morgan fingerprint density at radius 3 is 2.52 bits per heavy atom. The number of hydrogen-bond donors (Lipinski definition) is 4. The molecule has 0 unspecified atom stereocenters. The van der Waals surface area contributed by atoms with Crippen LogP contribution in [-0.2, 0) is 10.0 Å².